The third-order valence-electron chi connectivity index (χ3n) is 5.66. The molecule has 0 atom stereocenters. The number of benzene rings is 1. The molecule has 2 saturated carbocycles. The van der Waals surface area contributed by atoms with Crippen LogP contribution in [-0.4, -0.2) is 5.78 Å². The smallest absolute Gasteiger partial charge is 0.165 e. The lowest BCUT2D eigenvalue weighted by Gasteiger charge is -2.25. The molecular weight excluding hydrogens is 256 g/mol. The second kappa shape index (κ2) is 6.77. The largest absolute Gasteiger partial charge is 0.294 e. The Morgan fingerprint density at radius 3 is 2.10 bits per heavy atom. The first kappa shape index (κ1) is 14.8. The van der Waals surface area contributed by atoms with Crippen molar-refractivity contribution in [1.29, 1.82) is 0 Å². The Balaban J connectivity index is 1.64. The molecule has 1 heteroatoms. The highest BCUT2D eigenvalue weighted by Crippen LogP contribution is 2.34. The van der Waals surface area contributed by atoms with Gasteiger partial charge in [0.15, 0.2) is 5.78 Å². The van der Waals surface area contributed by atoms with Gasteiger partial charge in [-0.25, -0.2) is 0 Å². The molecule has 3 rings (SSSR count). The first-order valence-corrected chi connectivity index (χ1v) is 8.88. The van der Waals surface area contributed by atoms with Crippen LogP contribution in [0.3, 0.4) is 0 Å². The predicted octanol–water partition coefficient (Wildman–Crippen LogP) is 5.74. The van der Waals surface area contributed by atoms with E-state index < -0.39 is 0 Å². The van der Waals surface area contributed by atoms with Crippen molar-refractivity contribution in [3.8, 4) is 0 Å². The fraction of sp³-hybridized carbons (Fsp3) is 0.650. The minimum absolute atomic E-state index is 0.279. The van der Waals surface area contributed by atoms with E-state index in [1.165, 1.54) is 50.5 Å². The van der Waals surface area contributed by atoms with Gasteiger partial charge in [-0.3, -0.25) is 4.79 Å². The SMILES string of the molecule is CC1CCC(C(=O)c2ccc(C3CCCCC3)cc2)CC1. The van der Waals surface area contributed by atoms with Gasteiger partial charge in [-0.2, -0.15) is 0 Å². The molecule has 2 aliphatic carbocycles. The van der Waals surface area contributed by atoms with Crippen LogP contribution in [0.25, 0.3) is 0 Å². The van der Waals surface area contributed by atoms with Gasteiger partial charge in [-0.15, -0.1) is 0 Å². The van der Waals surface area contributed by atoms with Gasteiger partial charge in [0.25, 0.3) is 0 Å². The second-order valence-corrected chi connectivity index (χ2v) is 7.28. The number of ketones is 1. The van der Waals surface area contributed by atoms with Crippen LogP contribution >= 0.6 is 0 Å². The average Bonchev–Trinajstić information content (AvgIpc) is 2.56. The molecule has 2 aliphatic rings. The molecule has 0 saturated heterocycles. The molecule has 1 aromatic rings. The van der Waals surface area contributed by atoms with E-state index in [2.05, 4.69) is 31.2 Å². The highest BCUT2D eigenvalue weighted by atomic mass is 16.1. The Bertz CT molecular complexity index is 459. The normalized spacial score (nSPS) is 27.5. The Hall–Kier alpha value is -1.11. The summed E-state index contributed by atoms with van der Waals surface area (Å²) in [4.78, 5) is 12.6. The molecule has 2 fully saturated rings. The lowest BCUT2D eigenvalue weighted by Crippen LogP contribution is -2.21. The lowest BCUT2D eigenvalue weighted by atomic mass is 9.79. The molecule has 0 heterocycles. The Morgan fingerprint density at radius 1 is 0.857 bits per heavy atom. The van der Waals surface area contributed by atoms with E-state index in [1.807, 2.05) is 0 Å². The summed E-state index contributed by atoms with van der Waals surface area (Å²) in [6.07, 6.45) is 11.4. The van der Waals surface area contributed by atoms with Crippen molar-refractivity contribution in [2.45, 2.75) is 70.6 Å². The summed E-state index contributed by atoms with van der Waals surface area (Å²) < 4.78 is 0. The fourth-order valence-electron chi connectivity index (χ4n) is 4.11. The number of rotatable bonds is 3. The van der Waals surface area contributed by atoms with Crippen molar-refractivity contribution in [2.24, 2.45) is 11.8 Å². The van der Waals surface area contributed by atoms with E-state index in [-0.39, 0.29) is 5.92 Å². The molecule has 1 nitrogen and oxygen atoms in total. The Labute approximate surface area is 129 Å². The lowest BCUT2D eigenvalue weighted by molar-refractivity contribution is 0.0875. The molecule has 0 N–H and O–H groups in total. The standard InChI is InChI=1S/C20H28O/c1-15-7-9-18(10-8-15)20(21)19-13-11-17(12-14-19)16-5-3-2-4-6-16/h11-16,18H,2-10H2,1H3. The first-order valence-electron chi connectivity index (χ1n) is 8.88. The number of carbonyl (C=O) groups excluding carboxylic acids is 1. The maximum atomic E-state index is 12.6. The summed E-state index contributed by atoms with van der Waals surface area (Å²) in [7, 11) is 0. The predicted molar refractivity (Wildman–Crippen MR) is 87.7 cm³/mol. The molecular formula is C20H28O. The van der Waals surface area contributed by atoms with E-state index in [0.29, 0.717) is 5.78 Å². The van der Waals surface area contributed by atoms with Gasteiger partial charge < -0.3 is 0 Å². The van der Waals surface area contributed by atoms with E-state index in [1.54, 1.807) is 0 Å². The van der Waals surface area contributed by atoms with Gasteiger partial charge in [-0.1, -0.05) is 63.3 Å². The zero-order valence-corrected chi connectivity index (χ0v) is 13.3. The summed E-state index contributed by atoms with van der Waals surface area (Å²) in [6, 6.07) is 8.61. The molecule has 0 unspecified atom stereocenters. The van der Waals surface area contributed by atoms with Crippen LogP contribution in [0.1, 0.15) is 86.6 Å². The summed E-state index contributed by atoms with van der Waals surface area (Å²) in [6.45, 7) is 2.31. The number of hydrogen-bond acceptors (Lipinski definition) is 1. The molecule has 0 aromatic heterocycles. The van der Waals surface area contributed by atoms with E-state index in [4.69, 9.17) is 0 Å². The third-order valence-corrected chi connectivity index (χ3v) is 5.66. The van der Waals surface area contributed by atoms with Crippen LogP contribution in [0.4, 0.5) is 0 Å². The molecule has 0 aliphatic heterocycles. The minimum atomic E-state index is 0.279. The number of Topliss-reactive ketones (excluding diaryl/α,β-unsaturated/α-hetero) is 1. The minimum Gasteiger partial charge on any atom is -0.294 e. The summed E-state index contributed by atoms with van der Waals surface area (Å²) in [5.74, 6) is 2.21. The van der Waals surface area contributed by atoms with Gasteiger partial charge in [0.1, 0.15) is 0 Å². The molecule has 1 aromatic carbocycles. The Morgan fingerprint density at radius 2 is 1.48 bits per heavy atom. The van der Waals surface area contributed by atoms with Crippen molar-refractivity contribution in [3.63, 3.8) is 0 Å². The highest BCUT2D eigenvalue weighted by Gasteiger charge is 2.25. The zero-order valence-electron chi connectivity index (χ0n) is 13.3. The van der Waals surface area contributed by atoms with Crippen LogP contribution in [0.15, 0.2) is 24.3 Å². The van der Waals surface area contributed by atoms with Gasteiger partial charge in [0.05, 0.1) is 0 Å². The van der Waals surface area contributed by atoms with Gasteiger partial charge in [0.2, 0.25) is 0 Å². The number of hydrogen-bond donors (Lipinski definition) is 0. The zero-order chi connectivity index (χ0) is 14.7. The molecule has 21 heavy (non-hydrogen) atoms. The van der Waals surface area contributed by atoms with Crippen molar-refractivity contribution in [1.82, 2.24) is 0 Å². The molecule has 0 amide bonds. The maximum Gasteiger partial charge on any atom is 0.165 e. The van der Waals surface area contributed by atoms with Crippen molar-refractivity contribution >= 4 is 5.78 Å². The van der Waals surface area contributed by atoms with Crippen LogP contribution in [0.5, 0.6) is 0 Å². The Kier molecular flexibility index (Phi) is 4.77. The molecule has 114 valence electrons. The van der Waals surface area contributed by atoms with Crippen molar-refractivity contribution < 1.29 is 4.79 Å². The van der Waals surface area contributed by atoms with Crippen LogP contribution in [0, 0.1) is 11.8 Å². The van der Waals surface area contributed by atoms with E-state index in [9.17, 15) is 4.79 Å². The summed E-state index contributed by atoms with van der Waals surface area (Å²) in [5, 5.41) is 0. The number of carbonyl (C=O) groups is 1. The highest BCUT2D eigenvalue weighted by molar-refractivity contribution is 5.97. The van der Waals surface area contributed by atoms with Crippen LogP contribution in [0.2, 0.25) is 0 Å². The summed E-state index contributed by atoms with van der Waals surface area (Å²) in [5.41, 5.74) is 2.39. The van der Waals surface area contributed by atoms with E-state index >= 15 is 0 Å². The van der Waals surface area contributed by atoms with Crippen molar-refractivity contribution in [2.75, 3.05) is 0 Å². The van der Waals surface area contributed by atoms with Crippen molar-refractivity contribution in [3.05, 3.63) is 35.4 Å². The first-order chi connectivity index (χ1) is 10.2. The van der Waals surface area contributed by atoms with Gasteiger partial charge >= 0.3 is 0 Å². The van der Waals surface area contributed by atoms with Gasteiger partial charge in [0, 0.05) is 11.5 Å². The molecule has 0 spiro atoms. The summed E-state index contributed by atoms with van der Waals surface area (Å²) >= 11 is 0. The van der Waals surface area contributed by atoms with Crippen LogP contribution in [-0.2, 0) is 0 Å². The maximum absolute atomic E-state index is 12.6. The van der Waals surface area contributed by atoms with Gasteiger partial charge in [-0.05, 0) is 43.1 Å². The quantitative estimate of drug-likeness (QED) is 0.646. The topological polar surface area (TPSA) is 17.1 Å². The monoisotopic (exact) mass is 284 g/mol. The molecule has 0 radical (unpaired) electrons. The van der Waals surface area contributed by atoms with Crippen LogP contribution < -0.4 is 0 Å². The molecule has 0 bridgehead atoms. The fourth-order valence-corrected chi connectivity index (χ4v) is 4.11. The third kappa shape index (κ3) is 3.56. The second-order valence-electron chi connectivity index (χ2n) is 7.28. The average molecular weight is 284 g/mol. The van der Waals surface area contributed by atoms with E-state index in [0.717, 1.165) is 30.2 Å².